The highest BCUT2D eigenvalue weighted by molar-refractivity contribution is 9.10. The van der Waals surface area contributed by atoms with Crippen LogP contribution in [0.5, 0.6) is 0 Å². The fourth-order valence-electron chi connectivity index (χ4n) is 2.37. The third kappa shape index (κ3) is 2.72. The molecule has 4 nitrogen and oxygen atoms in total. The first-order valence-corrected chi connectivity index (χ1v) is 7.59. The third-order valence-corrected chi connectivity index (χ3v) is 4.02. The molecule has 0 saturated heterocycles. The molecule has 0 aliphatic rings. The summed E-state index contributed by atoms with van der Waals surface area (Å²) in [6.07, 6.45) is -0.00599. The first-order chi connectivity index (χ1) is 10.6. The van der Waals surface area contributed by atoms with E-state index in [0.717, 1.165) is 9.99 Å². The van der Waals surface area contributed by atoms with Crippen LogP contribution in [0.3, 0.4) is 0 Å². The number of aryl methyl sites for hydroxylation is 1. The summed E-state index contributed by atoms with van der Waals surface area (Å²) in [5, 5.41) is 0. The van der Waals surface area contributed by atoms with Crippen molar-refractivity contribution in [1.29, 1.82) is 0 Å². The monoisotopic (exact) mass is 356 g/mol. The molecule has 0 fully saturated rings. The molecule has 1 heterocycles. The summed E-state index contributed by atoms with van der Waals surface area (Å²) in [6, 6.07) is 14.5. The van der Waals surface area contributed by atoms with Crippen molar-refractivity contribution < 1.29 is 4.79 Å². The molecule has 0 atom stereocenters. The smallest absolute Gasteiger partial charge is 0.272 e. The number of fused-ring (bicyclic) bond motifs is 1. The number of para-hydroxylation sites is 2. The van der Waals surface area contributed by atoms with Crippen LogP contribution in [0, 0.1) is 0 Å². The topological polar surface area (TPSA) is 52.0 Å². The van der Waals surface area contributed by atoms with Crippen molar-refractivity contribution in [3.63, 3.8) is 0 Å². The third-order valence-electron chi connectivity index (χ3n) is 3.52. The van der Waals surface area contributed by atoms with Gasteiger partial charge in [-0.05, 0) is 24.3 Å². The maximum atomic E-state index is 12.4. The van der Waals surface area contributed by atoms with Gasteiger partial charge >= 0.3 is 0 Å². The zero-order chi connectivity index (χ0) is 15.7. The Morgan fingerprint density at radius 1 is 1.18 bits per heavy atom. The van der Waals surface area contributed by atoms with Crippen molar-refractivity contribution in [2.45, 2.75) is 6.42 Å². The molecule has 0 radical (unpaired) electrons. The van der Waals surface area contributed by atoms with Gasteiger partial charge in [-0.1, -0.05) is 40.2 Å². The first-order valence-electron chi connectivity index (χ1n) is 6.79. The van der Waals surface area contributed by atoms with Crippen LogP contribution in [0.25, 0.3) is 11.0 Å². The predicted molar refractivity (Wildman–Crippen MR) is 89.2 cm³/mol. The van der Waals surface area contributed by atoms with E-state index < -0.39 is 0 Å². The molecule has 0 unspecified atom stereocenters. The minimum atomic E-state index is -0.234. The van der Waals surface area contributed by atoms with Gasteiger partial charge in [-0.3, -0.25) is 9.59 Å². The summed E-state index contributed by atoms with van der Waals surface area (Å²) in [4.78, 5) is 29.1. The number of Topliss-reactive ketones (excluding diaryl/α,β-unsaturated/α-hetero) is 1. The van der Waals surface area contributed by atoms with E-state index in [4.69, 9.17) is 0 Å². The van der Waals surface area contributed by atoms with Crippen LogP contribution in [-0.4, -0.2) is 15.3 Å². The molecule has 0 spiro atoms. The molecule has 1 aromatic heterocycles. The van der Waals surface area contributed by atoms with Gasteiger partial charge in [-0.25, -0.2) is 4.98 Å². The van der Waals surface area contributed by atoms with E-state index in [-0.39, 0.29) is 23.5 Å². The van der Waals surface area contributed by atoms with Crippen LogP contribution < -0.4 is 5.56 Å². The minimum absolute atomic E-state index is 0.00599. The van der Waals surface area contributed by atoms with E-state index in [2.05, 4.69) is 20.9 Å². The van der Waals surface area contributed by atoms with Gasteiger partial charge in [0.05, 0.1) is 17.5 Å². The van der Waals surface area contributed by atoms with Gasteiger partial charge in [0.2, 0.25) is 0 Å². The fraction of sp³-hybridized carbons (Fsp3) is 0.118. The van der Waals surface area contributed by atoms with Gasteiger partial charge in [0.25, 0.3) is 5.56 Å². The van der Waals surface area contributed by atoms with Crippen molar-refractivity contribution in [2.75, 3.05) is 0 Å². The van der Waals surface area contributed by atoms with Crippen LogP contribution in [0.15, 0.2) is 57.8 Å². The van der Waals surface area contributed by atoms with Crippen molar-refractivity contribution in [3.8, 4) is 0 Å². The second-order valence-electron chi connectivity index (χ2n) is 5.02. The Balaban J connectivity index is 2.02. The van der Waals surface area contributed by atoms with E-state index in [9.17, 15) is 9.59 Å². The first kappa shape index (κ1) is 14.7. The molecule has 0 N–H and O–H groups in total. The lowest BCUT2D eigenvalue weighted by atomic mass is 10.1. The molecule has 0 amide bonds. The highest BCUT2D eigenvalue weighted by Crippen LogP contribution is 2.14. The van der Waals surface area contributed by atoms with E-state index in [1.54, 1.807) is 25.2 Å². The Bertz CT molecular complexity index is 931. The number of carbonyl (C=O) groups is 1. The maximum absolute atomic E-state index is 12.4. The van der Waals surface area contributed by atoms with Crippen molar-refractivity contribution >= 4 is 32.7 Å². The van der Waals surface area contributed by atoms with Gasteiger partial charge in [0.1, 0.15) is 5.69 Å². The van der Waals surface area contributed by atoms with E-state index in [1.165, 1.54) is 4.57 Å². The molecule has 22 heavy (non-hydrogen) atoms. The molecule has 110 valence electrons. The fourth-order valence-corrected chi connectivity index (χ4v) is 2.77. The molecular formula is C17H13BrN2O2. The molecule has 3 aromatic rings. The molecule has 0 aliphatic carbocycles. The molecule has 2 aromatic carbocycles. The van der Waals surface area contributed by atoms with Crippen LogP contribution in [0.2, 0.25) is 0 Å². The second-order valence-corrected chi connectivity index (χ2v) is 5.94. The van der Waals surface area contributed by atoms with Gasteiger partial charge < -0.3 is 4.57 Å². The van der Waals surface area contributed by atoms with E-state index >= 15 is 0 Å². The SMILES string of the molecule is Cn1c(=O)c(CC(=O)c2cccc(Br)c2)nc2ccccc21. The van der Waals surface area contributed by atoms with E-state index in [0.29, 0.717) is 11.1 Å². The number of rotatable bonds is 3. The standard InChI is InChI=1S/C17H13BrN2O2/c1-20-15-8-3-2-7-13(15)19-14(17(20)22)10-16(21)11-5-4-6-12(18)9-11/h2-9H,10H2,1H3. The summed E-state index contributed by atoms with van der Waals surface area (Å²) >= 11 is 3.34. The molecule has 0 aliphatic heterocycles. The summed E-state index contributed by atoms with van der Waals surface area (Å²) < 4.78 is 2.36. The highest BCUT2D eigenvalue weighted by atomic mass is 79.9. The average molecular weight is 357 g/mol. The number of halogens is 1. The largest absolute Gasteiger partial charge is 0.308 e. The Morgan fingerprint density at radius 3 is 2.73 bits per heavy atom. The van der Waals surface area contributed by atoms with Gasteiger partial charge in [0, 0.05) is 17.1 Å². The Morgan fingerprint density at radius 2 is 1.95 bits per heavy atom. The molecule has 3 rings (SSSR count). The van der Waals surface area contributed by atoms with E-state index in [1.807, 2.05) is 30.3 Å². The molecular weight excluding hydrogens is 344 g/mol. The zero-order valence-electron chi connectivity index (χ0n) is 11.9. The van der Waals surface area contributed by atoms with Gasteiger partial charge in [-0.2, -0.15) is 0 Å². The maximum Gasteiger partial charge on any atom is 0.272 e. The van der Waals surface area contributed by atoms with Gasteiger partial charge in [-0.15, -0.1) is 0 Å². The number of ketones is 1. The minimum Gasteiger partial charge on any atom is -0.308 e. The Labute approximate surface area is 135 Å². The predicted octanol–water partition coefficient (Wildman–Crippen LogP) is 3.12. The zero-order valence-corrected chi connectivity index (χ0v) is 13.5. The number of nitrogens with zero attached hydrogens (tertiary/aromatic N) is 2. The van der Waals surface area contributed by atoms with Gasteiger partial charge in [0.15, 0.2) is 5.78 Å². The quantitative estimate of drug-likeness (QED) is 0.677. The lowest BCUT2D eigenvalue weighted by Gasteiger charge is -2.07. The summed E-state index contributed by atoms with van der Waals surface area (Å²) in [7, 11) is 1.69. The normalized spacial score (nSPS) is 10.8. The van der Waals surface area contributed by atoms with Crippen LogP contribution in [0.4, 0.5) is 0 Å². The number of benzene rings is 2. The van der Waals surface area contributed by atoms with Crippen molar-refractivity contribution in [1.82, 2.24) is 9.55 Å². The Hall–Kier alpha value is -2.27. The number of aromatic nitrogens is 2. The molecule has 0 saturated carbocycles. The van der Waals surface area contributed by atoms with Crippen LogP contribution in [-0.2, 0) is 13.5 Å². The Kier molecular flexibility index (Phi) is 3.90. The number of carbonyl (C=O) groups excluding carboxylic acids is 1. The molecule has 0 bridgehead atoms. The van der Waals surface area contributed by atoms with Crippen molar-refractivity contribution in [2.24, 2.45) is 7.05 Å². The number of hydrogen-bond donors (Lipinski definition) is 0. The summed E-state index contributed by atoms with van der Waals surface area (Å²) in [5.74, 6) is -0.124. The number of hydrogen-bond acceptors (Lipinski definition) is 3. The lowest BCUT2D eigenvalue weighted by molar-refractivity contribution is 0.0991. The summed E-state index contributed by atoms with van der Waals surface area (Å²) in [6.45, 7) is 0. The average Bonchev–Trinajstić information content (AvgIpc) is 2.52. The van der Waals surface area contributed by atoms with Crippen LogP contribution >= 0.6 is 15.9 Å². The summed E-state index contributed by atoms with van der Waals surface area (Å²) in [5.41, 5.74) is 2.06. The lowest BCUT2D eigenvalue weighted by Crippen LogP contribution is -2.25. The second kappa shape index (κ2) is 5.85. The van der Waals surface area contributed by atoms with Crippen LogP contribution in [0.1, 0.15) is 16.1 Å². The highest BCUT2D eigenvalue weighted by Gasteiger charge is 2.14. The van der Waals surface area contributed by atoms with Crippen molar-refractivity contribution in [3.05, 3.63) is 74.6 Å². The molecule has 5 heteroatoms.